The lowest BCUT2D eigenvalue weighted by Gasteiger charge is -2.06. The van der Waals surface area contributed by atoms with Crippen molar-refractivity contribution >= 4 is 28.5 Å². The Labute approximate surface area is 126 Å². The summed E-state index contributed by atoms with van der Waals surface area (Å²) in [7, 11) is 0. The van der Waals surface area contributed by atoms with Crippen molar-refractivity contribution in [2.45, 2.75) is 17.6 Å². The van der Waals surface area contributed by atoms with E-state index in [2.05, 4.69) is 9.97 Å². The van der Waals surface area contributed by atoms with Gasteiger partial charge in [-0.3, -0.25) is 4.79 Å². The van der Waals surface area contributed by atoms with Crippen molar-refractivity contribution in [2.24, 2.45) is 0 Å². The van der Waals surface area contributed by atoms with Crippen molar-refractivity contribution in [3.8, 4) is 0 Å². The first-order valence-electron chi connectivity index (χ1n) is 6.60. The van der Waals surface area contributed by atoms with Gasteiger partial charge in [-0.25, -0.2) is 4.98 Å². The molecule has 3 N–H and O–H groups in total. The highest BCUT2D eigenvalue weighted by atomic mass is 32.2. The fourth-order valence-electron chi connectivity index (χ4n) is 2.15. The highest BCUT2D eigenvalue weighted by Crippen LogP contribution is 2.26. The number of H-pyrrole nitrogens is 1. The summed E-state index contributed by atoms with van der Waals surface area (Å²) in [4.78, 5) is 20.5. The fourth-order valence-corrected chi connectivity index (χ4v) is 3.08. The molecule has 0 aliphatic carbocycles. The third-order valence-electron chi connectivity index (χ3n) is 3.23. The Bertz CT molecular complexity index is 858. The molecule has 3 rings (SSSR count). The number of aromatic nitrogens is 2. The van der Waals surface area contributed by atoms with Crippen molar-refractivity contribution in [2.75, 3.05) is 5.73 Å². The zero-order valence-corrected chi connectivity index (χ0v) is 12.4. The summed E-state index contributed by atoms with van der Waals surface area (Å²) in [6.45, 7) is 2.01. The smallest absolute Gasteiger partial charge is 0.271 e. The van der Waals surface area contributed by atoms with Crippen molar-refractivity contribution in [3.63, 3.8) is 0 Å². The Morgan fingerprint density at radius 2 is 2.05 bits per heavy atom. The van der Waals surface area contributed by atoms with Gasteiger partial charge in [0.2, 0.25) is 0 Å². The predicted octanol–water partition coefficient (Wildman–Crippen LogP) is 3.11. The van der Waals surface area contributed by atoms with Gasteiger partial charge < -0.3 is 10.7 Å². The lowest BCUT2D eigenvalue weighted by molar-refractivity contribution is 1.10. The van der Waals surface area contributed by atoms with Crippen LogP contribution in [0.3, 0.4) is 0 Å². The van der Waals surface area contributed by atoms with Crippen LogP contribution < -0.4 is 11.3 Å². The van der Waals surface area contributed by atoms with Crippen LogP contribution in [-0.2, 0) is 5.75 Å². The molecule has 21 heavy (non-hydrogen) atoms. The second-order valence-corrected chi connectivity index (χ2v) is 5.86. The number of nitrogens with one attached hydrogen (secondary N) is 1. The van der Waals surface area contributed by atoms with Gasteiger partial charge in [0.1, 0.15) is 5.69 Å². The maximum Gasteiger partial charge on any atom is 0.271 e. The molecule has 106 valence electrons. The summed E-state index contributed by atoms with van der Waals surface area (Å²) in [6.07, 6.45) is 0. The molecule has 0 amide bonds. The summed E-state index contributed by atoms with van der Waals surface area (Å²) >= 11 is 1.59. The van der Waals surface area contributed by atoms with E-state index in [0.717, 1.165) is 27.2 Å². The molecule has 0 fully saturated rings. The van der Waals surface area contributed by atoms with Crippen LogP contribution >= 0.6 is 11.8 Å². The zero-order valence-electron chi connectivity index (χ0n) is 11.6. The van der Waals surface area contributed by atoms with Crippen molar-refractivity contribution < 1.29 is 0 Å². The van der Waals surface area contributed by atoms with Gasteiger partial charge in [-0.15, -0.1) is 11.8 Å². The summed E-state index contributed by atoms with van der Waals surface area (Å²) in [6, 6.07) is 13.3. The Kier molecular flexibility index (Phi) is 3.66. The van der Waals surface area contributed by atoms with Crippen LogP contribution in [-0.4, -0.2) is 9.97 Å². The maximum absolute atomic E-state index is 12.0. The first-order valence-corrected chi connectivity index (χ1v) is 7.59. The first kappa shape index (κ1) is 13.7. The largest absolute Gasteiger partial charge is 0.399 e. The number of thioether (sulfide) groups is 1. The minimum Gasteiger partial charge on any atom is -0.399 e. The standard InChI is InChI=1S/C16H15N3OS/c1-10-8-11(17)6-7-15(10)21-9-14-16(20)19-13-5-3-2-4-12(13)18-14/h2-8H,9,17H2,1H3,(H,19,20). The highest BCUT2D eigenvalue weighted by Gasteiger charge is 2.07. The fraction of sp³-hybridized carbons (Fsp3) is 0.125. The lowest BCUT2D eigenvalue weighted by Crippen LogP contribution is -2.14. The Balaban J connectivity index is 1.88. The number of benzene rings is 2. The number of anilines is 1. The van der Waals surface area contributed by atoms with Crippen LogP contribution in [0.1, 0.15) is 11.3 Å². The molecule has 0 radical (unpaired) electrons. The number of para-hydroxylation sites is 2. The second-order valence-electron chi connectivity index (χ2n) is 4.84. The van der Waals surface area contributed by atoms with E-state index in [9.17, 15) is 4.79 Å². The van der Waals surface area contributed by atoms with Gasteiger partial charge in [-0.2, -0.15) is 0 Å². The number of aryl methyl sites for hydroxylation is 1. The lowest BCUT2D eigenvalue weighted by atomic mass is 10.2. The molecule has 0 bridgehead atoms. The molecule has 0 unspecified atom stereocenters. The van der Waals surface area contributed by atoms with Crippen LogP contribution in [0.4, 0.5) is 5.69 Å². The van der Waals surface area contributed by atoms with E-state index in [1.165, 1.54) is 0 Å². The molecule has 0 spiro atoms. The summed E-state index contributed by atoms with van der Waals surface area (Å²) in [5.41, 5.74) is 9.58. The number of nitrogen functional groups attached to an aromatic ring is 1. The molecule has 4 nitrogen and oxygen atoms in total. The molecule has 0 aliphatic rings. The van der Waals surface area contributed by atoms with E-state index in [1.54, 1.807) is 11.8 Å². The number of aromatic amines is 1. The molecule has 5 heteroatoms. The van der Waals surface area contributed by atoms with E-state index >= 15 is 0 Å². The monoisotopic (exact) mass is 297 g/mol. The zero-order chi connectivity index (χ0) is 14.8. The second kappa shape index (κ2) is 5.61. The number of rotatable bonds is 3. The molecule has 0 atom stereocenters. The minimum atomic E-state index is -0.130. The van der Waals surface area contributed by atoms with Gasteiger partial charge >= 0.3 is 0 Å². The summed E-state index contributed by atoms with van der Waals surface area (Å²) in [5, 5.41) is 0. The number of hydrogen-bond donors (Lipinski definition) is 2. The van der Waals surface area contributed by atoms with Crippen LogP contribution in [0.25, 0.3) is 11.0 Å². The minimum absolute atomic E-state index is 0.130. The number of hydrogen-bond acceptors (Lipinski definition) is 4. The van der Waals surface area contributed by atoms with Crippen molar-refractivity contribution in [1.29, 1.82) is 0 Å². The molecule has 1 heterocycles. The molecule has 2 aromatic carbocycles. The molecule has 3 aromatic rings. The molecule has 0 aliphatic heterocycles. The van der Waals surface area contributed by atoms with Gasteiger partial charge in [-0.1, -0.05) is 12.1 Å². The Morgan fingerprint density at radius 3 is 2.86 bits per heavy atom. The average molecular weight is 297 g/mol. The molecule has 0 saturated carbocycles. The molecule has 0 saturated heterocycles. The van der Waals surface area contributed by atoms with E-state index in [0.29, 0.717) is 11.4 Å². The average Bonchev–Trinajstić information content (AvgIpc) is 2.46. The normalized spacial score (nSPS) is 10.9. The molecular formula is C16H15N3OS. The van der Waals surface area contributed by atoms with Crippen molar-refractivity contribution in [3.05, 3.63) is 64.1 Å². The maximum atomic E-state index is 12.0. The third kappa shape index (κ3) is 2.92. The number of fused-ring (bicyclic) bond motifs is 1. The van der Waals surface area contributed by atoms with Gasteiger partial charge in [0.15, 0.2) is 0 Å². The van der Waals surface area contributed by atoms with Crippen LogP contribution in [0.2, 0.25) is 0 Å². The van der Waals surface area contributed by atoms with Gasteiger partial charge in [-0.05, 0) is 42.8 Å². The Hall–Kier alpha value is -2.27. The van der Waals surface area contributed by atoms with E-state index in [1.807, 2.05) is 49.4 Å². The van der Waals surface area contributed by atoms with Crippen LogP contribution in [0.15, 0.2) is 52.2 Å². The van der Waals surface area contributed by atoms with E-state index in [-0.39, 0.29) is 5.56 Å². The van der Waals surface area contributed by atoms with Gasteiger partial charge in [0.05, 0.1) is 11.0 Å². The highest BCUT2D eigenvalue weighted by molar-refractivity contribution is 7.98. The van der Waals surface area contributed by atoms with Gasteiger partial charge in [0, 0.05) is 16.3 Å². The molecular weight excluding hydrogens is 282 g/mol. The molecule has 1 aromatic heterocycles. The predicted molar refractivity (Wildman–Crippen MR) is 87.5 cm³/mol. The summed E-state index contributed by atoms with van der Waals surface area (Å²) < 4.78 is 0. The third-order valence-corrected chi connectivity index (χ3v) is 4.42. The topological polar surface area (TPSA) is 71.8 Å². The van der Waals surface area contributed by atoms with E-state index in [4.69, 9.17) is 5.73 Å². The van der Waals surface area contributed by atoms with Crippen LogP contribution in [0.5, 0.6) is 0 Å². The van der Waals surface area contributed by atoms with Crippen molar-refractivity contribution in [1.82, 2.24) is 9.97 Å². The Morgan fingerprint density at radius 1 is 1.24 bits per heavy atom. The van der Waals surface area contributed by atoms with E-state index < -0.39 is 0 Å². The number of nitrogens with two attached hydrogens (primary N) is 1. The SMILES string of the molecule is Cc1cc(N)ccc1SCc1nc2ccccc2[nH]c1=O. The first-order chi connectivity index (χ1) is 10.1. The number of nitrogens with zero attached hydrogens (tertiary/aromatic N) is 1. The van der Waals surface area contributed by atoms with Gasteiger partial charge in [0.25, 0.3) is 5.56 Å². The van der Waals surface area contributed by atoms with Crippen LogP contribution in [0, 0.1) is 6.92 Å². The summed E-state index contributed by atoms with van der Waals surface area (Å²) in [5.74, 6) is 0.533. The quantitative estimate of drug-likeness (QED) is 0.575.